The van der Waals surface area contributed by atoms with Crippen molar-refractivity contribution in [1.29, 1.82) is 0 Å². The standard InChI is InChI=1S/C5H7I2N2O/c1-3-8-4-2-5(1)10-7-6-9-7/h1-3,8-9H,4H2/q-1. The predicted molar refractivity (Wildman–Crippen MR) is 43.5 cm³/mol. The van der Waals surface area contributed by atoms with Gasteiger partial charge < -0.3 is 0 Å². The van der Waals surface area contributed by atoms with Gasteiger partial charge in [0.25, 0.3) is 0 Å². The van der Waals surface area contributed by atoms with Crippen LogP contribution in [0, 0.1) is 0 Å². The van der Waals surface area contributed by atoms with E-state index in [1.54, 1.807) is 0 Å². The number of rotatable bonds is 2. The molecule has 3 nitrogen and oxygen atoms in total. The quantitative estimate of drug-likeness (QED) is 0.334. The van der Waals surface area contributed by atoms with Crippen molar-refractivity contribution in [2.75, 3.05) is 6.54 Å². The zero-order valence-corrected chi connectivity index (χ0v) is 9.42. The van der Waals surface area contributed by atoms with Gasteiger partial charge in [0.05, 0.1) is 0 Å². The van der Waals surface area contributed by atoms with Gasteiger partial charge in [-0.3, -0.25) is 0 Å². The number of hydrogen-bond acceptors (Lipinski definition) is 3. The van der Waals surface area contributed by atoms with Crippen molar-refractivity contribution < 1.29 is 20.6 Å². The van der Waals surface area contributed by atoms with Crippen LogP contribution in [0.25, 0.3) is 0 Å². The molecule has 10 heavy (non-hydrogen) atoms. The van der Waals surface area contributed by atoms with Gasteiger partial charge in [0.15, 0.2) is 0 Å². The summed E-state index contributed by atoms with van der Waals surface area (Å²) < 4.78 is 8.96. The SMILES string of the molecule is C1=CC(OI2N[I-]2)=CCN1. The van der Waals surface area contributed by atoms with Crippen molar-refractivity contribution in [1.82, 2.24) is 7.06 Å². The fourth-order valence-electron chi connectivity index (χ4n) is 0.612. The molecule has 0 aliphatic carbocycles. The normalized spacial score (nSPS) is 26.0. The Bertz CT molecular complexity index is 188. The van der Waals surface area contributed by atoms with Gasteiger partial charge in [-0.1, -0.05) is 0 Å². The molecule has 1 saturated heterocycles. The Labute approximate surface area is 74.2 Å². The van der Waals surface area contributed by atoms with Crippen molar-refractivity contribution in [3.05, 3.63) is 24.1 Å². The van der Waals surface area contributed by atoms with Gasteiger partial charge in [0.2, 0.25) is 0 Å². The molecular formula is C5H7I2N2O-. The minimum absolute atomic E-state index is 0.336. The summed E-state index contributed by atoms with van der Waals surface area (Å²) in [5, 5.41) is 3.08. The van der Waals surface area contributed by atoms with Crippen molar-refractivity contribution in [3.8, 4) is 0 Å². The van der Waals surface area contributed by atoms with Crippen LogP contribution in [0.1, 0.15) is 0 Å². The van der Waals surface area contributed by atoms with Crippen molar-refractivity contribution in [2.45, 2.75) is 0 Å². The first-order valence-electron chi connectivity index (χ1n) is 2.84. The summed E-state index contributed by atoms with van der Waals surface area (Å²) in [5.41, 5.74) is 0. The van der Waals surface area contributed by atoms with Crippen LogP contribution in [0.2, 0.25) is 0 Å². The summed E-state index contributed by atoms with van der Waals surface area (Å²) in [4.78, 5) is 0. The van der Waals surface area contributed by atoms with Crippen LogP contribution in [-0.2, 0) is 3.07 Å². The second-order valence-electron chi connectivity index (χ2n) is 1.77. The molecule has 2 N–H and O–H groups in total. The zero-order chi connectivity index (χ0) is 6.81. The summed E-state index contributed by atoms with van der Waals surface area (Å²) in [6, 6.07) is 0. The summed E-state index contributed by atoms with van der Waals surface area (Å²) >= 11 is -0.594. The van der Waals surface area contributed by atoms with E-state index in [9.17, 15) is 0 Å². The topological polar surface area (TPSA) is 43.2 Å². The van der Waals surface area contributed by atoms with Gasteiger partial charge in [-0.25, -0.2) is 0 Å². The maximum absolute atomic E-state index is 5.63. The van der Waals surface area contributed by atoms with Gasteiger partial charge in [0, 0.05) is 0 Å². The van der Waals surface area contributed by atoms with Crippen LogP contribution < -0.4 is 24.6 Å². The number of hydrogen-bond donors (Lipinski definition) is 2. The number of allylic oxidation sites excluding steroid dienone is 1. The molecule has 0 bridgehead atoms. The Balaban J connectivity index is 1.89. The van der Waals surface area contributed by atoms with E-state index in [1.807, 2.05) is 12.3 Å². The summed E-state index contributed by atoms with van der Waals surface area (Å²) in [6.07, 6.45) is 6.01. The van der Waals surface area contributed by atoms with Crippen LogP contribution >= 0.6 is 16.5 Å². The molecule has 0 unspecified atom stereocenters. The van der Waals surface area contributed by atoms with Gasteiger partial charge >= 0.3 is 74.8 Å². The Morgan fingerprint density at radius 2 is 2.60 bits per heavy atom. The average Bonchev–Trinajstić information content (AvgIpc) is 2.74. The fourth-order valence-corrected chi connectivity index (χ4v) is 7.27. The predicted octanol–water partition coefficient (Wildman–Crippen LogP) is -2.14. The second kappa shape index (κ2) is 3.26. The number of dihydropyridines is 1. The molecule has 0 aromatic heterocycles. The van der Waals surface area contributed by atoms with Crippen LogP contribution in [-0.4, -0.2) is 6.54 Å². The summed E-state index contributed by atoms with van der Waals surface area (Å²) in [7, 11) is 0. The van der Waals surface area contributed by atoms with Gasteiger partial charge in [-0.05, 0) is 0 Å². The first kappa shape index (κ1) is 7.17. The number of nitrogens with one attached hydrogen (secondary N) is 2. The third-order valence-electron chi connectivity index (χ3n) is 1.07. The van der Waals surface area contributed by atoms with Crippen molar-refractivity contribution in [2.24, 2.45) is 0 Å². The molecule has 0 amide bonds. The molecule has 2 rings (SSSR count). The van der Waals surface area contributed by atoms with Crippen LogP contribution in [0.5, 0.6) is 0 Å². The fraction of sp³-hybridized carbons (Fsp3) is 0.200. The Morgan fingerprint density at radius 3 is 3.20 bits per heavy atom. The molecule has 2 aliphatic rings. The zero-order valence-electron chi connectivity index (χ0n) is 5.10. The van der Waals surface area contributed by atoms with Crippen LogP contribution in [0.15, 0.2) is 24.1 Å². The molecule has 2 aliphatic heterocycles. The molecular weight excluding hydrogens is 358 g/mol. The molecule has 1 fully saturated rings. The average molecular weight is 365 g/mol. The molecule has 2 heterocycles. The van der Waals surface area contributed by atoms with Gasteiger partial charge in [0.1, 0.15) is 0 Å². The van der Waals surface area contributed by atoms with E-state index in [1.165, 1.54) is 0 Å². The summed E-state index contributed by atoms with van der Waals surface area (Å²) in [5.74, 6) is 1.06. The second-order valence-corrected chi connectivity index (χ2v) is 14.7. The Kier molecular flexibility index (Phi) is 2.34. The van der Waals surface area contributed by atoms with E-state index in [0.29, 0.717) is 17.5 Å². The molecule has 0 spiro atoms. The van der Waals surface area contributed by atoms with Crippen molar-refractivity contribution >= 4 is 16.5 Å². The third kappa shape index (κ3) is 1.99. The molecule has 0 radical (unpaired) electrons. The van der Waals surface area contributed by atoms with E-state index >= 15 is 0 Å². The molecule has 58 valence electrons. The van der Waals surface area contributed by atoms with E-state index in [-0.39, 0.29) is 0 Å². The van der Waals surface area contributed by atoms with E-state index in [4.69, 9.17) is 3.07 Å². The van der Waals surface area contributed by atoms with Crippen molar-refractivity contribution in [3.63, 3.8) is 0 Å². The van der Waals surface area contributed by atoms with Crippen LogP contribution in [0.3, 0.4) is 0 Å². The van der Waals surface area contributed by atoms with Crippen LogP contribution in [0.4, 0.5) is 0 Å². The third-order valence-corrected chi connectivity index (χ3v) is 8.79. The van der Waals surface area contributed by atoms with E-state index in [0.717, 1.165) is 12.3 Å². The molecule has 0 saturated carbocycles. The molecule has 0 aromatic carbocycles. The van der Waals surface area contributed by atoms with Gasteiger partial charge in [-0.15, -0.1) is 0 Å². The van der Waals surface area contributed by atoms with Gasteiger partial charge in [-0.2, -0.15) is 0 Å². The molecule has 5 heteroatoms. The molecule has 0 atom stereocenters. The Morgan fingerprint density at radius 1 is 1.70 bits per heavy atom. The van der Waals surface area contributed by atoms with E-state index in [2.05, 4.69) is 13.1 Å². The Hall–Kier alpha value is 0.500. The summed E-state index contributed by atoms with van der Waals surface area (Å²) in [6.45, 7) is 0.911. The first-order chi connectivity index (χ1) is 4.95. The molecule has 0 aromatic rings. The monoisotopic (exact) mass is 365 g/mol. The maximum atomic E-state index is 5.63. The first-order valence-corrected chi connectivity index (χ1v) is 12.2. The number of halogens is 2. The minimum atomic E-state index is -0.930. The van der Waals surface area contributed by atoms with E-state index < -0.39 is 16.5 Å².